The van der Waals surface area contributed by atoms with Crippen LogP contribution in [0, 0.1) is 6.92 Å². The van der Waals surface area contributed by atoms with E-state index < -0.39 is 10.8 Å². The third kappa shape index (κ3) is 2.53. The van der Waals surface area contributed by atoms with Crippen LogP contribution in [0.25, 0.3) is 0 Å². The Kier molecular flexibility index (Phi) is 3.77. The van der Waals surface area contributed by atoms with Crippen LogP contribution in [0.15, 0.2) is 29.2 Å². The van der Waals surface area contributed by atoms with E-state index in [2.05, 4.69) is 0 Å². The summed E-state index contributed by atoms with van der Waals surface area (Å²) in [6.07, 6.45) is 4.36. The second-order valence-electron chi connectivity index (χ2n) is 4.60. The number of benzene rings is 1. The van der Waals surface area contributed by atoms with Gasteiger partial charge in [0, 0.05) is 10.9 Å². The van der Waals surface area contributed by atoms with Crippen molar-refractivity contribution >= 4 is 10.8 Å². The minimum absolute atomic E-state index is 0.107. The zero-order valence-electron chi connectivity index (χ0n) is 9.69. The summed E-state index contributed by atoms with van der Waals surface area (Å²) in [5.41, 5.74) is 7.26. The number of rotatable bonds is 2. The van der Waals surface area contributed by atoms with Crippen LogP contribution >= 0.6 is 0 Å². The predicted octanol–water partition coefficient (Wildman–Crippen LogP) is 2.37. The Morgan fingerprint density at radius 1 is 1.19 bits per heavy atom. The first kappa shape index (κ1) is 11.8. The van der Waals surface area contributed by atoms with E-state index in [1.54, 1.807) is 0 Å². The van der Waals surface area contributed by atoms with Gasteiger partial charge in [0.15, 0.2) is 0 Å². The summed E-state index contributed by atoms with van der Waals surface area (Å²) in [6, 6.07) is 8.07. The van der Waals surface area contributed by atoms with E-state index >= 15 is 0 Å². The van der Waals surface area contributed by atoms with Crippen molar-refractivity contribution in [1.82, 2.24) is 0 Å². The van der Waals surface area contributed by atoms with Crippen LogP contribution in [0.5, 0.6) is 0 Å². The lowest BCUT2D eigenvalue weighted by Gasteiger charge is -2.27. The number of hydrogen-bond donors (Lipinski definition) is 1. The second-order valence-corrected chi connectivity index (χ2v) is 6.27. The fraction of sp³-hybridized carbons (Fsp3) is 0.538. The molecule has 2 nitrogen and oxygen atoms in total. The number of aryl methyl sites for hydroxylation is 1. The highest BCUT2D eigenvalue weighted by Crippen LogP contribution is 2.25. The molecule has 1 aromatic rings. The van der Waals surface area contributed by atoms with Crippen molar-refractivity contribution in [2.75, 3.05) is 0 Å². The average molecular weight is 237 g/mol. The van der Waals surface area contributed by atoms with Gasteiger partial charge in [-0.1, -0.05) is 30.5 Å². The van der Waals surface area contributed by atoms with Crippen molar-refractivity contribution in [2.24, 2.45) is 5.73 Å². The van der Waals surface area contributed by atoms with Crippen LogP contribution < -0.4 is 5.73 Å². The zero-order valence-corrected chi connectivity index (χ0v) is 10.5. The third-order valence-corrected chi connectivity index (χ3v) is 5.15. The molecule has 1 aromatic carbocycles. The highest BCUT2D eigenvalue weighted by Gasteiger charge is 2.27. The van der Waals surface area contributed by atoms with Crippen molar-refractivity contribution in [3.8, 4) is 0 Å². The fourth-order valence-corrected chi connectivity index (χ4v) is 3.83. The third-order valence-electron chi connectivity index (χ3n) is 3.28. The van der Waals surface area contributed by atoms with Crippen LogP contribution in [0.4, 0.5) is 0 Å². The van der Waals surface area contributed by atoms with E-state index in [9.17, 15) is 4.21 Å². The van der Waals surface area contributed by atoms with Gasteiger partial charge >= 0.3 is 0 Å². The second kappa shape index (κ2) is 5.11. The van der Waals surface area contributed by atoms with E-state index in [1.807, 2.05) is 31.2 Å². The smallest absolute Gasteiger partial charge is 0.0576 e. The lowest BCUT2D eigenvalue weighted by molar-refractivity contribution is 0.445. The molecule has 0 spiro atoms. The summed E-state index contributed by atoms with van der Waals surface area (Å²) in [5.74, 6) is 0. The van der Waals surface area contributed by atoms with Gasteiger partial charge in [-0.25, -0.2) is 0 Å². The molecule has 0 aliphatic heterocycles. The quantitative estimate of drug-likeness (QED) is 0.858. The van der Waals surface area contributed by atoms with Crippen molar-refractivity contribution in [1.29, 1.82) is 0 Å². The molecular weight excluding hydrogens is 218 g/mol. The molecule has 3 unspecified atom stereocenters. The Bertz CT molecular complexity index is 374. The molecular formula is C13H19NOS. The SMILES string of the molecule is Cc1ccc(S(=O)C2CCCCC2N)cc1. The molecule has 1 aliphatic carbocycles. The Labute approximate surface area is 99.7 Å². The van der Waals surface area contributed by atoms with Crippen molar-refractivity contribution in [3.05, 3.63) is 29.8 Å². The fourth-order valence-electron chi connectivity index (χ4n) is 2.24. The topological polar surface area (TPSA) is 43.1 Å². The van der Waals surface area contributed by atoms with Gasteiger partial charge in [-0.3, -0.25) is 4.21 Å². The van der Waals surface area contributed by atoms with Crippen LogP contribution in [-0.2, 0) is 10.8 Å². The van der Waals surface area contributed by atoms with E-state index in [-0.39, 0.29) is 11.3 Å². The van der Waals surface area contributed by atoms with Gasteiger partial charge in [-0.2, -0.15) is 0 Å². The molecule has 1 fully saturated rings. The van der Waals surface area contributed by atoms with Crippen molar-refractivity contribution in [2.45, 2.75) is 48.8 Å². The van der Waals surface area contributed by atoms with Crippen molar-refractivity contribution in [3.63, 3.8) is 0 Å². The van der Waals surface area contributed by atoms with Gasteiger partial charge in [0.05, 0.1) is 16.0 Å². The first-order valence-corrected chi connectivity index (χ1v) is 7.12. The molecule has 16 heavy (non-hydrogen) atoms. The molecule has 0 heterocycles. The van der Waals surface area contributed by atoms with Crippen LogP contribution in [0.1, 0.15) is 31.2 Å². The summed E-state index contributed by atoms with van der Waals surface area (Å²) in [7, 11) is -0.933. The molecule has 0 saturated heterocycles. The normalized spacial score (nSPS) is 27.6. The van der Waals surface area contributed by atoms with Gasteiger partial charge < -0.3 is 5.73 Å². The average Bonchev–Trinajstić information content (AvgIpc) is 2.30. The van der Waals surface area contributed by atoms with Crippen LogP contribution in [0.3, 0.4) is 0 Å². The van der Waals surface area contributed by atoms with E-state index in [0.717, 1.165) is 24.2 Å². The maximum absolute atomic E-state index is 12.4. The molecule has 0 amide bonds. The molecule has 0 bridgehead atoms. The molecule has 88 valence electrons. The summed E-state index contributed by atoms with van der Waals surface area (Å²) in [5, 5.41) is 0.149. The Balaban J connectivity index is 2.14. The molecule has 2 rings (SSSR count). The minimum Gasteiger partial charge on any atom is -0.327 e. The molecule has 3 heteroatoms. The Morgan fingerprint density at radius 2 is 1.81 bits per heavy atom. The van der Waals surface area contributed by atoms with E-state index in [4.69, 9.17) is 5.73 Å². The van der Waals surface area contributed by atoms with E-state index in [1.165, 1.54) is 12.0 Å². The standard InChI is InChI=1S/C13H19NOS/c1-10-6-8-11(9-7-10)16(15)13-5-3-2-4-12(13)14/h6-9,12-13H,2-5,14H2,1H3. The van der Waals surface area contributed by atoms with Crippen LogP contribution in [0.2, 0.25) is 0 Å². The first-order chi connectivity index (χ1) is 7.68. The lowest BCUT2D eigenvalue weighted by atomic mass is 9.96. The maximum atomic E-state index is 12.4. The van der Waals surface area contributed by atoms with Gasteiger partial charge in [0.2, 0.25) is 0 Å². The highest BCUT2D eigenvalue weighted by atomic mass is 32.2. The van der Waals surface area contributed by atoms with Gasteiger partial charge in [0.1, 0.15) is 0 Å². The van der Waals surface area contributed by atoms with Gasteiger partial charge in [-0.15, -0.1) is 0 Å². The number of nitrogens with two attached hydrogens (primary N) is 1. The predicted molar refractivity (Wildman–Crippen MR) is 67.8 cm³/mol. The van der Waals surface area contributed by atoms with Gasteiger partial charge in [-0.05, 0) is 31.9 Å². The lowest BCUT2D eigenvalue weighted by Crippen LogP contribution is -2.40. The molecule has 0 radical (unpaired) electrons. The summed E-state index contributed by atoms with van der Waals surface area (Å²) in [4.78, 5) is 0.924. The van der Waals surface area contributed by atoms with E-state index in [0.29, 0.717) is 0 Å². The summed E-state index contributed by atoms with van der Waals surface area (Å²) >= 11 is 0. The minimum atomic E-state index is -0.933. The Morgan fingerprint density at radius 3 is 2.44 bits per heavy atom. The molecule has 2 N–H and O–H groups in total. The number of hydrogen-bond acceptors (Lipinski definition) is 2. The largest absolute Gasteiger partial charge is 0.327 e. The Hall–Kier alpha value is -0.670. The zero-order chi connectivity index (χ0) is 11.5. The highest BCUT2D eigenvalue weighted by molar-refractivity contribution is 7.85. The molecule has 1 saturated carbocycles. The van der Waals surface area contributed by atoms with Crippen molar-refractivity contribution < 1.29 is 4.21 Å². The maximum Gasteiger partial charge on any atom is 0.0576 e. The van der Waals surface area contributed by atoms with Crippen LogP contribution in [-0.4, -0.2) is 15.5 Å². The molecule has 3 atom stereocenters. The summed E-state index contributed by atoms with van der Waals surface area (Å²) < 4.78 is 12.4. The first-order valence-electron chi connectivity index (χ1n) is 5.91. The molecule has 0 aromatic heterocycles. The molecule has 1 aliphatic rings. The monoisotopic (exact) mass is 237 g/mol. The summed E-state index contributed by atoms with van der Waals surface area (Å²) in [6.45, 7) is 2.04. The van der Waals surface area contributed by atoms with Gasteiger partial charge in [0.25, 0.3) is 0 Å².